The molecule has 0 aromatic carbocycles. The molecule has 6 aromatic rings. The van der Waals surface area contributed by atoms with E-state index in [9.17, 15) is 9.59 Å². The molecule has 7 rings (SSSR count). The molecule has 1 N–H and O–H groups in total. The van der Waals surface area contributed by atoms with Gasteiger partial charge in [0.05, 0.1) is 24.7 Å². The van der Waals surface area contributed by atoms with Crippen LogP contribution in [0.2, 0.25) is 0 Å². The predicted molar refractivity (Wildman–Crippen MR) is 154 cm³/mol. The maximum absolute atomic E-state index is 12.3. The number of nitrogens with zero attached hydrogens (tertiary/aromatic N) is 7. The van der Waals surface area contributed by atoms with Crippen molar-refractivity contribution in [1.82, 2.24) is 33.5 Å². The molecule has 206 valence electrons. The van der Waals surface area contributed by atoms with Gasteiger partial charge in [0.1, 0.15) is 17.0 Å². The molecule has 0 atom stereocenters. The highest BCUT2D eigenvalue weighted by Gasteiger charge is 2.27. The summed E-state index contributed by atoms with van der Waals surface area (Å²) >= 11 is 3.26. The average Bonchev–Trinajstić information content (AvgIpc) is 3.76. The predicted octanol–water partition coefficient (Wildman–Crippen LogP) is 5.18. The Bertz CT molecular complexity index is 1910. The minimum Gasteiger partial charge on any atom is -0.477 e. The Balaban J connectivity index is 0.000000195. The van der Waals surface area contributed by atoms with Gasteiger partial charge in [-0.05, 0) is 72.1 Å². The van der Waals surface area contributed by atoms with E-state index in [4.69, 9.17) is 14.9 Å². The van der Waals surface area contributed by atoms with Crippen LogP contribution in [0.15, 0.2) is 77.9 Å². The molecule has 0 amide bonds. The number of fused-ring (bicyclic) bond motifs is 3. The van der Waals surface area contributed by atoms with Gasteiger partial charge < -0.3 is 9.84 Å². The van der Waals surface area contributed by atoms with Crippen LogP contribution >= 0.6 is 15.9 Å². The zero-order valence-electron chi connectivity index (χ0n) is 21.9. The van der Waals surface area contributed by atoms with Crippen LogP contribution in [0.25, 0.3) is 33.8 Å². The summed E-state index contributed by atoms with van der Waals surface area (Å²) in [6.45, 7) is 3.02. The second kappa shape index (κ2) is 11.0. The second-order valence-corrected chi connectivity index (χ2v) is 10.1. The van der Waals surface area contributed by atoms with Crippen LogP contribution in [0.4, 0.5) is 0 Å². The molecule has 0 aliphatic carbocycles. The number of aryl methyl sites for hydroxylation is 1. The van der Waals surface area contributed by atoms with Crippen molar-refractivity contribution in [2.24, 2.45) is 0 Å². The maximum atomic E-state index is 12.3. The molecule has 0 saturated carbocycles. The lowest BCUT2D eigenvalue weighted by atomic mass is 10.0. The summed E-state index contributed by atoms with van der Waals surface area (Å²) < 4.78 is 11.4. The number of carboxylic acids is 1. The topological polar surface area (TPSA) is 129 Å². The standard InChI is InChI=1S/C21H19N5O2.C8H5BrN2O2/c1-2-28-21(27)17-13-23-20-14(7-5-11-25(17)20)18-16-9-6-12-26(16)24-19(18)15-8-3-4-10-22-15;9-5-1-2-7-10-3-6(8(12)13)11(7)4-5/h3-5,7-8,10-11,13H,2,6,9,12H2,1H3;1-4H,(H,12,13). The number of carbonyl (C=O) groups is 2. The Morgan fingerprint density at radius 3 is 2.66 bits per heavy atom. The van der Waals surface area contributed by atoms with E-state index < -0.39 is 5.97 Å². The third-order valence-electron chi connectivity index (χ3n) is 6.73. The molecule has 6 aromatic heterocycles. The van der Waals surface area contributed by atoms with Crippen molar-refractivity contribution in [2.45, 2.75) is 26.3 Å². The quantitative estimate of drug-likeness (QED) is 0.263. The molecule has 11 nitrogen and oxygen atoms in total. The van der Waals surface area contributed by atoms with Crippen LogP contribution in [0.3, 0.4) is 0 Å². The van der Waals surface area contributed by atoms with Crippen LogP contribution < -0.4 is 0 Å². The molecule has 41 heavy (non-hydrogen) atoms. The Morgan fingerprint density at radius 2 is 1.88 bits per heavy atom. The molecule has 1 aliphatic rings. The first-order valence-electron chi connectivity index (χ1n) is 13.0. The Labute approximate surface area is 242 Å². The fraction of sp³-hybridized carbons (Fsp3) is 0.172. The van der Waals surface area contributed by atoms with Gasteiger partial charge >= 0.3 is 11.9 Å². The molecular weight excluding hydrogens is 590 g/mol. The summed E-state index contributed by atoms with van der Waals surface area (Å²) in [5.41, 5.74) is 6.78. The van der Waals surface area contributed by atoms with Gasteiger partial charge in [0.15, 0.2) is 11.4 Å². The van der Waals surface area contributed by atoms with Crippen molar-refractivity contribution in [3.63, 3.8) is 0 Å². The van der Waals surface area contributed by atoms with Crippen LogP contribution in [0.5, 0.6) is 0 Å². The van der Waals surface area contributed by atoms with Crippen molar-refractivity contribution in [1.29, 1.82) is 0 Å². The number of carbonyl (C=O) groups excluding carboxylic acids is 1. The number of aromatic carboxylic acids is 1. The molecule has 12 heteroatoms. The monoisotopic (exact) mass is 613 g/mol. The fourth-order valence-electron chi connectivity index (χ4n) is 4.97. The number of aromatic nitrogens is 7. The normalized spacial score (nSPS) is 12.2. The van der Waals surface area contributed by atoms with Gasteiger partial charge in [-0.3, -0.25) is 18.5 Å². The summed E-state index contributed by atoms with van der Waals surface area (Å²) in [4.78, 5) is 36.0. The minimum atomic E-state index is -0.981. The van der Waals surface area contributed by atoms with Gasteiger partial charge in [-0.15, -0.1) is 0 Å². The highest BCUT2D eigenvalue weighted by molar-refractivity contribution is 9.10. The lowest BCUT2D eigenvalue weighted by molar-refractivity contribution is 0.0517. The Kier molecular flexibility index (Phi) is 7.06. The number of rotatable bonds is 5. The first-order valence-corrected chi connectivity index (χ1v) is 13.8. The fourth-order valence-corrected chi connectivity index (χ4v) is 5.31. The van der Waals surface area contributed by atoms with E-state index in [-0.39, 0.29) is 11.7 Å². The van der Waals surface area contributed by atoms with Crippen molar-refractivity contribution in [3.05, 3.63) is 95.0 Å². The number of imidazole rings is 2. The third kappa shape index (κ3) is 4.86. The Morgan fingerprint density at radius 1 is 1.02 bits per heavy atom. The van der Waals surface area contributed by atoms with Gasteiger partial charge in [0.2, 0.25) is 0 Å². The molecule has 7 heterocycles. The van der Waals surface area contributed by atoms with E-state index in [1.807, 2.05) is 42.6 Å². The zero-order chi connectivity index (χ0) is 28.5. The summed E-state index contributed by atoms with van der Waals surface area (Å²) in [5, 5.41) is 13.6. The lowest BCUT2D eigenvalue weighted by Crippen LogP contribution is -2.07. The van der Waals surface area contributed by atoms with Gasteiger partial charge in [0.25, 0.3) is 0 Å². The minimum absolute atomic E-state index is 0.163. The van der Waals surface area contributed by atoms with Gasteiger partial charge in [-0.2, -0.15) is 5.10 Å². The molecule has 0 fully saturated rings. The van der Waals surface area contributed by atoms with Gasteiger partial charge in [-0.25, -0.2) is 19.6 Å². The number of carboxylic acid groups (broad SMARTS) is 1. The first kappa shape index (κ1) is 26.4. The van der Waals surface area contributed by atoms with Gasteiger partial charge in [-0.1, -0.05) is 6.07 Å². The second-order valence-electron chi connectivity index (χ2n) is 9.22. The molecule has 0 saturated heterocycles. The molecule has 0 spiro atoms. The maximum Gasteiger partial charge on any atom is 0.356 e. The van der Waals surface area contributed by atoms with E-state index in [0.29, 0.717) is 23.6 Å². The van der Waals surface area contributed by atoms with E-state index in [0.717, 1.165) is 46.4 Å². The largest absolute Gasteiger partial charge is 0.477 e. The molecule has 0 bridgehead atoms. The smallest absolute Gasteiger partial charge is 0.356 e. The third-order valence-corrected chi connectivity index (χ3v) is 7.20. The zero-order valence-corrected chi connectivity index (χ0v) is 23.5. The van der Waals surface area contributed by atoms with Crippen molar-refractivity contribution in [2.75, 3.05) is 6.61 Å². The number of ether oxygens (including phenoxy) is 1. The van der Waals surface area contributed by atoms with Crippen LogP contribution in [0.1, 0.15) is 40.0 Å². The van der Waals surface area contributed by atoms with Crippen molar-refractivity contribution in [3.8, 4) is 22.5 Å². The van der Waals surface area contributed by atoms with Crippen LogP contribution in [0, 0.1) is 0 Å². The van der Waals surface area contributed by atoms with E-state index in [1.165, 1.54) is 16.3 Å². The molecular formula is C29H24BrN7O4. The number of hydrogen-bond donors (Lipinski definition) is 1. The first-order chi connectivity index (χ1) is 20.0. The summed E-state index contributed by atoms with van der Waals surface area (Å²) in [5.74, 6) is -1.36. The highest BCUT2D eigenvalue weighted by atomic mass is 79.9. The van der Waals surface area contributed by atoms with Crippen LogP contribution in [-0.2, 0) is 17.7 Å². The summed E-state index contributed by atoms with van der Waals surface area (Å²) in [6.07, 6.45) is 10.2. The molecule has 0 radical (unpaired) electrons. The summed E-state index contributed by atoms with van der Waals surface area (Å²) in [7, 11) is 0. The number of pyridine rings is 3. The van der Waals surface area contributed by atoms with E-state index in [2.05, 4.69) is 35.6 Å². The number of esters is 1. The van der Waals surface area contributed by atoms with E-state index >= 15 is 0 Å². The summed E-state index contributed by atoms with van der Waals surface area (Å²) in [6, 6.07) is 13.3. The van der Waals surface area contributed by atoms with Crippen LogP contribution in [-0.4, -0.2) is 57.2 Å². The number of halogens is 1. The van der Waals surface area contributed by atoms with Gasteiger partial charge in [0, 0.05) is 46.4 Å². The number of hydrogen-bond acceptors (Lipinski definition) is 7. The van der Waals surface area contributed by atoms with Crippen molar-refractivity contribution < 1.29 is 19.4 Å². The highest BCUT2D eigenvalue weighted by Crippen LogP contribution is 2.38. The van der Waals surface area contributed by atoms with Crippen molar-refractivity contribution >= 4 is 39.2 Å². The average molecular weight is 614 g/mol. The molecule has 0 unspecified atom stereocenters. The SMILES string of the molecule is CCOC(=O)c1cnc2c(-c3c(-c4ccccn4)nn4c3CCC4)cccn12.O=C(O)c1cnc2ccc(Br)cn12. The lowest BCUT2D eigenvalue weighted by Gasteiger charge is -2.08. The molecule has 1 aliphatic heterocycles. The van der Waals surface area contributed by atoms with E-state index in [1.54, 1.807) is 36.0 Å². The Hall–Kier alpha value is -4.84.